The number of nitrogens with zero attached hydrogens (tertiary/aromatic N) is 1. The highest BCUT2D eigenvalue weighted by Gasteiger charge is 2.12. The molecule has 2 aromatic carbocycles. The van der Waals surface area contributed by atoms with Gasteiger partial charge in [-0.3, -0.25) is 0 Å². The SMILES string of the molecule is CC.CC.CC(C)CCC(C)C#N.CCC(CC[C@H](C)c1ccccc1)c1ccccc1. The van der Waals surface area contributed by atoms with Crippen molar-refractivity contribution in [2.75, 3.05) is 0 Å². The van der Waals surface area contributed by atoms with Crippen LogP contribution in [0.2, 0.25) is 0 Å². The minimum atomic E-state index is 0.243. The van der Waals surface area contributed by atoms with Gasteiger partial charge in [0.2, 0.25) is 0 Å². The number of hydrogen-bond acceptors (Lipinski definition) is 1. The minimum absolute atomic E-state index is 0.243. The monoisotopic (exact) mass is 437 g/mol. The average molecular weight is 438 g/mol. The maximum atomic E-state index is 8.40. The van der Waals surface area contributed by atoms with E-state index in [4.69, 9.17) is 5.26 Å². The van der Waals surface area contributed by atoms with Gasteiger partial charge in [0.1, 0.15) is 0 Å². The van der Waals surface area contributed by atoms with Gasteiger partial charge in [-0.15, -0.1) is 0 Å². The third-order valence-corrected chi connectivity index (χ3v) is 5.48. The van der Waals surface area contributed by atoms with Crippen molar-refractivity contribution in [1.29, 1.82) is 5.26 Å². The van der Waals surface area contributed by atoms with Crippen LogP contribution in [0.1, 0.15) is 117 Å². The second-order valence-corrected chi connectivity index (χ2v) is 8.41. The summed E-state index contributed by atoms with van der Waals surface area (Å²) in [6.07, 6.45) is 5.99. The van der Waals surface area contributed by atoms with Crippen molar-refractivity contribution < 1.29 is 0 Å². The summed E-state index contributed by atoms with van der Waals surface area (Å²) in [4.78, 5) is 0. The highest BCUT2D eigenvalue weighted by molar-refractivity contribution is 5.21. The van der Waals surface area contributed by atoms with Crippen molar-refractivity contribution in [2.24, 2.45) is 11.8 Å². The molecule has 0 aromatic heterocycles. The molecule has 0 bridgehead atoms. The van der Waals surface area contributed by atoms with Crippen molar-refractivity contribution >= 4 is 0 Å². The number of benzene rings is 2. The number of nitriles is 1. The number of rotatable bonds is 9. The maximum absolute atomic E-state index is 8.40. The zero-order chi connectivity index (χ0) is 24.8. The molecule has 0 aliphatic rings. The molecule has 2 aromatic rings. The molecular weight excluding hydrogens is 386 g/mol. The Morgan fingerprint density at radius 2 is 1.12 bits per heavy atom. The van der Waals surface area contributed by atoms with Crippen LogP contribution < -0.4 is 0 Å². The van der Waals surface area contributed by atoms with E-state index in [1.807, 2.05) is 34.6 Å². The van der Waals surface area contributed by atoms with Gasteiger partial charge < -0.3 is 0 Å². The molecule has 180 valence electrons. The Morgan fingerprint density at radius 1 is 0.656 bits per heavy atom. The van der Waals surface area contributed by atoms with Gasteiger partial charge >= 0.3 is 0 Å². The van der Waals surface area contributed by atoms with Crippen molar-refractivity contribution in [3.05, 3.63) is 71.8 Å². The van der Waals surface area contributed by atoms with Crippen LogP contribution in [-0.2, 0) is 0 Å². The molecule has 0 fully saturated rings. The molecule has 2 rings (SSSR count). The Balaban J connectivity index is 0. The van der Waals surface area contributed by atoms with Gasteiger partial charge in [0, 0.05) is 5.92 Å². The van der Waals surface area contributed by atoms with Gasteiger partial charge in [-0.2, -0.15) is 5.26 Å². The lowest BCUT2D eigenvalue weighted by Crippen LogP contribution is -2.01. The van der Waals surface area contributed by atoms with Crippen LogP contribution in [0, 0.1) is 23.2 Å². The molecule has 0 heterocycles. The highest BCUT2D eigenvalue weighted by atomic mass is 14.3. The molecule has 0 saturated carbocycles. The van der Waals surface area contributed by atoms with Crippen LogP contribution in [0.4, 0.5) is 0 Å². The maximum Gasteiger partial charge on any atom is 0.0652 e. The van der Waals surface area contributed by atoms with E-state index in [-0.39, 0.29) is 5.92 Å². The van der Waals surface area contributed by atoms with Gasteiger partial charge in [0.15, 0.2) is 0 Å². The summed E-state index contributed by atoms with van der Waals surface area (Å²) in [5.74, 6) is 2.33. The second-order valence-electron chi connectivity index (χ2n) is 8.41. The van der Waals surface area contributed by atoms with Gasteiger partial charge in [-0.1, -0.05) is 116 Å². The van der Waals surface area contributed by atoms with E-state index < -0.39 is 0 Å². The summed E-state index contributed by atoms with van der Waals surface area (Å²) < 4.78 is 0. The zero-order valence-electron chi connectivity index (χ0n) is 22.6. The summed E-state index contributed by atoms with van der Waals surface area (Å²) >= 11 is 0. The Hall–Kier alpha value is -2.07. The summed E-state index contributed by atoms with van der Waals surface area (Å²) in [7, 11) is 0. The quantitative estimate of drug-likeness (QED) is 0.382. The molecule has 0 spiro atoms. The van der Waals surface area contributed by atoms with Crippen molar-refractivity contribution in [1.82, 2.24) is 0 Å². The zero-order valence-corrected chi connectivity index (χ0v) is 22.6. The Labute approximate surface area is 201 Å². The Morgan fingerprint density at radius 3 is 1.53 bits per heavy atom. The first kappa shape index (κ1) is 32.1. The predicted molar refractivity (Wildman–Crippen MR) is 145 cm³/mol. The van der Waals surface area contributed by atoms with Gasteiger partial charge in [-0.05, 0) is 67.9 Å². The van der Waals surface area contributed by atoms with E-state index in [1.54, 1.807) is 0 Å². The highest BCUT2D eigenvalue weighted by Crippen LogP contribution is 2.29. The molecule has 1 heteroatoms. The van der Waals surface area contributed by atoms with Crippen LogP contribution >= 0.6 is 0 Å². The molecular formula is C31H51N. The Bertz CT molecular complexity index is 654. The predicted octanol–water partition coefficient (Wildman–Crippen LogP) is 10.4. The molecule has 32 heavy (non-hydrogen) atoms. The first-order valence-electron chi connectivity index (χ1n) is 13.0. The third-order valence-electron chi connectivity index (χ3n) is 5.48. The summed E-state index contributed by atoms with van der Waals surface area (Å²) in [5, 5.41) is 8.40. The first-order chi connectivity index (χ1) is 15.5. The van der Waals surface area contributed by atoms with Crippen LogP contribution in [0.3, 0.4) is 0 Å². The van der Waals surface area contributed by atoms with Crippen molar-refractivity contribution in [3.8, 4) is 6.07 Å². The van der Waals surface area contributed by atoms with Gasteiger partial charge in [0.05, 0.1) is 6.07 Å². The van der Waals surface area contributed by atoms with E-state index in [1.165, 1.54) is 36.8 Å². The van der Waals surface area contributed by atoms with Gasteiger partial charge in [-0.25, -0.2) is 0 Å². The minimum Gasteiger partial charge on any atom is -0.198 e. The molecule has 0 aliphatic heterocycles. The smallest absolute Gasteiger partial charge is 0.0652 e. The second kappa shape index (κ2) is 22.1. The van der Waals surface area contributed by atoms with E-state index >= 15 is 0 Å². The summed E-state index contributed by atoms with van der Waals surface area (Å²) in [6.45, 7) is 19.0. The lowest BCUT2D eigenvalue weighted by atomic mass is 9.87. The fraction of sp³-hybridized carbons (Fsp3) is 0.581. The topological polar surface area (TPSA) is 23.8 Å². The molecule has 0 N–H and O–H groups in total. The third kappa shape index (κ3) is 15.7. The van der Waals surface area contributed by atoms with E-state index in [2.05, 4.69) is 94.4 Å². The number of hydrogen-bond donors (Lipinski definition) is 0. The molecule has 1 nitrogen and oxygen atoms in total. The molecule has 3 atom stereocenters. The van der Waals surface area contributed by atoms with E-state index in [9.17, 15) is 0 Å². The van der Waals surface area contributed by atoms with E-state index in [0.717, 1.165) is 12.3 Å². The fourth-order valence-electron chi connectivity index (χ4n) is 3.38. The van der Waals surface area contributed by atoms with E-state index in [0.29, 0.717) is 11.8 Å². The van der Waals surface area contributed by atoms with Crippen LogP contribution in [0.15, 0.2) is 60.7 Å². The lowest BCUT2D eigenvalue weighted by Gasteiger charge is -2.18. The summed E-state index contributed by atoms with van der Waals surface area (Å²) in [6, 6.07) is 24.0. The van der Waals surface area contributed by atoms with Crippen molar-refractivity contribution in [2.45, 2.75) is 106 Å². The normalized spacial score (nSPS) is 12.4. The largest absolute Gasteiger partial charge is 0.198 e. The lowest BCUT2D eigenvalue weighted by molar-refractivity contribution is 0.507. The molecule has 0 radical (unpaired) electrons. The van der Waals surface area contributed by atoms with Crippen LogP contribution in [0.25, 0.3) is 0 Å². The molecule has 2 unspecified atom stereocenters. The molecule has 0 saturated heterocycles. The van der Waals surface area contributed by atoms with Crippen molar-refractivity contribution in [3.63, 3.8) is 0 Å². The Kier molecular flexibility index (Phi) is 22.2. The standard InChI is InChI=1S/C19H24.C8H15N.2C2H6/c1-3-17(19-12-8-5-9-13-19)15-14-16(2)18-10-6-4-7-11-18;1-7(2)4-5-8(3)6-9;2*1-2/h4-13,16-17H,3,14-15H2,1-2H3;7-8H,4-5H2,1-3H3;2*1-2H3/t16-,17?;;;/m0.../s1. The molecule has 0 aliphatic carbocycles. The first-order valence-corrected chi connectivity index (χ1v) is 13.0. The fourth-order valence-corrected chi connectivity index (χ4v) is 3.38. The summed E-state index contributed by atoms with van der Waals surface area (Å²) in [5.41, 5.74) is 2.95. The van der Waals surface area contributed by atoms with Crippen LogP contribution in [0.5, 0.6) is 0 Å². The van der Waals surface area contributed by atoms with Crippen LogP contribution in [-0.4, -0.2) is 0 Å². The average Bonchev–Trinajstić information content (AvgIpc) is 2.86. The van der Waals surface area contributed by atoms with Gasteiger partial charge in [0.25, 0.3) is 0 Å². The molecule has 0 amide bonds.